The van der Waals surface area contributed by atoms with E-state index in [0.29, 0.717) is 17.0 Å². The van der Waals surface area contributed by atoms with E-state index in [9.17, 15) is 0 Å². The van der Waals surface area contributed by atoms with Gasteiger partial charge >= 0.3 is 0 Å². The van der Waals surface area contributed by atoms with Crippen LogP contribution in [0.3, 0.4) is 0 Å². The fraction of sp³-hybridized carbons (Fsp3) is 0.294. The lowest BCUT2D eigenvalue weighted by atomic mass is 9.94. The molecule has 3 heteroatoms. The van der Waals surface area contributed by atoms with E-state index in [1.165, 1.54) is 16.0 Å². The van der Waals surface area contributed by atoms with E-state index < -0.39 is 0 Å². The second kappa shape index (κ2) is 6.43. The lowest BCUT2D eigenvalue weighted by Crippen LogP contribution is -2.11. The first-order valence-electron chi connectivity index (χ1n) is 6.83. The summed E-state index contributed by atoms with van der Waals surface area (Å²) >= 11 is 14.5. The fourth-order valence-electron chi connectivity index (χ4n) is 2.78. The zero-order valence-electron chi connectivity index (χ0n) is 11.1. The van der Waals surface area contributed by atoms with Gasteiger partial charge in [-0.15, -0.1) is 23.4 Å². The second-order valence-electron chi connectivity index (χ2n) is 5.16. The molecular formula is C17H16Cl2S. The first-order valence-corrected chi connectivity index (χ1v) is 8.62. The molecule has 0 amide bonds. The van der Waals surface area contributed by atoms with Gasteiger partial charge in [-0.25, -0.2) is 0 Å². The zero-order valence-corrected chi connectivity index (χ0v) is 13.4. The van der Waals surface area contributed by atoms with Crippen LogP contribution in [-0.4, -0.2) is 11.1 Å². The summed E-state index contributed by atoms with van der Waals surface area (Å²) in [6.45, 7) is 0. The van der Waals surface area contributed by atoms with Gasteiger partial charge in [-0.1, -0.05) is 48.0 Å². The molecule has 1 aliphatic heterocycles. The maximum atomic E-state index is 6.31. The molecule has 1 heterocycles. The number of hydrogen-bond acceptors (Lipinski definition) is 1. The van der Waals surface area contributed by atoms with E-state index in [4.69, 9.17) is 23.2 Å². The Balaban J connectivity index is 1.73. The molecule has 104 valence electrons. The topological polar surface area (TPSA) is 0 Å². The third-order valence-electron chi connectivity index (χ3n) is 3.79. The summed E-state index contributed by atoms with van der Waals surface area (Å²) in [5.74, 6) is 0.953. The van der Waals surface area contributed by atoms with Gasteiger partial charge in [0.05, 0.1) is 0 Å². The molecule has 0 saturated heterocycles. The van der Waals surface area contributed by atoms with Gasteiger partial charge < -0.3 is 0 Å². The number of hydrogen-bond donors (Lipinski definition) is 0. The first kappa shape index (κ1) is 14.3. The highest BCUT2D eigenvalue weighted by Gasteiger charge is 2.26. The average Bonchev–Trinajstić information content (AvgIpc) is 2.88. The molecule has 20 heavy (non-hydrogen) atoms. The van der Waals surface area contributed by atoms with Crippen LogP contribution in [0.1, 0.15) is 23.5 Å². The smallest absolute Gasteiger partial charge is 0.0441 e. The Kier molecular flexibility index (Phi) is 4.60. The second-order valence-corrected chi connectivity index (χ2v) is 7.22. The third-order valence-corrected chi connectivity index (χ3v) is 5.85. The van der Waals surface area contributed by atoms with Crippen molar-refractivity contribution in [2.75, 3.05) is 5.88 Å². The van der Waals surface area contributed by atoms with Crippen molar-refractivity contribution < 1.29 is 0 Å². The van der Waals surface area contributed by atoms with Gasteiger partial charge in [0.2, 0.25) is 0 Å². The normalized spacial score (nSPS) is 18.8. The van der Waals surface area contributed by atoms with Crippen molar-refractivity contribution >= 4 is 35.0 Å². The maximum Gasteiger partial charge on any atom is 0.0441 e. The van der Waals surface area contributed by atoms with E-state index in [-0.39, 0.29) is 0 Å². The molecule has 0 fully saturated rings. The highest BCUT2D eigenvalue weighted by atomic mass is 35.5. The van der Waals surface area contributed by atoms with Gasteiger partial charge in [0.25, 0.3) is 0 Å². The molecule has 0 aliphatic carbocycles. The molecule has 3 rings (SSSR count). The van der Waals surface area contributed by atoms with Crippen molar-refractivity contribution in [1.29, 1.82) is 0 Å². The van der Waals surface area contributed by atoms with E-state index in [1.807, 2.05) is 30.0 Å². The number of thioether (sulfide) groups is 1. The molecule has 0 radical (unpaired) electrons. The Labute approximate surface area is 134 Å². The minimum atomic E-state index is 0.331. The van der Waals surface area contributed by atoms with E-state index in [0.717, 1.165) is 17.9 Å². The number of rotatable bonds is 4. The van der Waals surface area contributed by atoms with Crippen molar-refractivity contribution in [2.45, 2.75) is 28.9 Å². The van der Waals surface area contributed by atoms with Gasteiger partial charge in [0.1, 0.15) is 0 Å². The SMILES string of the molecule is ClCC(CC1Cc2ccccc2S1)c1ccccc1Cl. The van der Waals surface area contributed by atoms with Gasteiger partial charge in [-0.2, -0.15) is 0 Å². The van der Waals surface area contributed by atoms with E-state index in [2.05, 4.69) is 30.3 Å². The monoisotopic (exact) mass is 322 g/mol. The Bertz CT molecular complexity index is 572. The van der Waals surface area contributed by atoms with Crippen LogP contribution in [0.25, 0.3) is 0 Å². The maximum absolute atomic E-state index is 6.31. The molecule has 2 aromatic rings. The summed E-state index contributed by atoms with van der Waals surface area (Å²) in [6.07, 6.45) is 2.21. The summed E-state index contributed by atoms with van der Waals surface area (Å²) in [6, 6.07) is 16.7. The van der Waals surface area contributed by atoms with Gasteiger partial charge in [-0.3, -0.25) is 0 Å². The molecule has 1 aliphatic rings. The van der Waals surface area contributed by atoms with Crippen molar-refractivity contribution in [3.63, 3.8) is 0 Å². The summed E-state index contributed by atoms with van der Waals surface area (Å²) in [5.41, 5.74) is 2.65. The highest BCUT2D eigenvalue weighted by Crippen LogP contribution is 2.42. The standard InChI is InChI=1S/C17H16Cl2S/c18-11-13(15-6-2-3-7-16(15)19)10-14-9-12-5-1-4-8-17(12)20-14/h1-8,13-14H,9-11H2. The lowest BCUT2D eigenvalue weighted by Gasteiger charge is -2.19. The minimum absolute atomic E-state index is 0.331. The molecule has 0 aromatic heterocycles. The molecule has 2 aromatic carbocycles. The Morgan fingerprint density at radius 2 is 1.85 bits per heavy atom. The highest BCUT2D eigenvalue weighted by molar-refractivity contribution is 8.00. The predicted octanol–water partition coefficient (Wildman–Crippen LogP) is 5.77. The quantitative estimate of drug-likeness (QED) is 0.644. The summed E-state index contributed by atoms with van der Waals surface area (Å²) in [4.78, 5) is 1.42. The van der Waals surface area contributed by atoms with Crippen molar-refractivity contribution in [3.8, 4) is 0 Å². The number of benzene rings is 2. The largest absolute Gasteiger partial charge is 0.126 e. The van der Waals surface area contributed by atoms with Crippen LogP contribution in [0.2, 0.25) is 5.02 Å². The van der Waals surface area contributed by atoms with Crippen LogP contribution in [0.4, 0.5) is 0 Å². The molecule has 0 saturated carbocycles. The van der Waals surface area contributed by atoms with Gasteiger partial charge in [0, 0.05) is 21.0 Å². The Hall–Kier alpha value is -0.630. The van der Waals surface area contributed by atoms with Crippen molar-refractivity contribution in [2.24, 2.45) is 0 Å². The summed E-state index contributed by atoms with van der Waals surface area (Å²) < 4.78 is 0. The molecule has 2 unspecified atom stereocenters. The van der Waals surface area contributed by atoms with Crippen molar-refractivity contribution in [1.82, 2.24) is 0 Å². The lowest BCUT2D eigenvalue weighted by molar-refractivity contribution is 0.657. The van der Waals surface area contributed by atoms with Crippen LogP contribution in [0, 0.1) is 0 Å². The van der Waals surface area contributed by atoms with Crippen molar-refractivity contribution in [3.05, 3.63) is 64.7 Å². The number of alkyl halides is 1. The number of fused-ring (bicyclic) bond motifs is 1. The Morgan fingerprint density at radius 3 is 2.60 bits per heavy atom. The average molecular weight is 323 g/mol. The van der Waals surface area contributed by atoms with Crippen LogP contribution < -0.4 is 0 Å². The molecule has 0 bridgehead atoms. The molecule has 0 nitrogen and oxygen atoms in total. The fourth-order valence-corrected chi connectivity index (χ4v) is 4.77. The number of halogens is 2. The molecule has 2 atom stereocenters. The summed E-state index contributed by atoms with van der Waals surface area (Å²) in [7, 11) is 0. The van der Waals surface area contributed by atoms with E-state index in [1.54, 1.807) is 0 Å². The van der Waals surface area contributed by atoms with Crippen LogP contribution in [-0.2, 0) is 6.42 Å². The van der Waals surface area contributed by atoms with Crippen LogP contribution >= 0.6 is 35.0 Å². The zero-order chi connectivity index (χ0) is 13.9. The molecule has 0 spiro atoms. The van der Waals surface area contributed by atoms with Gasteiger partial charge in [0.15, 0.2) is 0 Å². The first-order chi connectivity index (χ1) is 9.78. The molecule has 0 N–H and O–H groups in total. The molecular weight excluding hydrogens is 307 g/mol. The van der Waals surface area contributed by atoms with Crippen LogP contribution in [0.5, 0.6) is 0 Å². The third kappa shape index (κ3) is 3.00. The Morgan fingerprint density at radius 1 is 1.10 bits per heavy atom. The predicted molar refractivity (Wildman–Crippen MR) is 89.3 cm³/mol. The van der Waals surface area contributed by atoms with Gasteiger partial charge in [-0.05, 0) is 42.0 Å². The van der Waals surface area contributed by atoms with Crippen LogP contribution in [0.15, 0.2) is 53.4 Å². The summed E-state index contributed by atoms with van der Waals surface area (Å²) in [5, 5.41) is 1.44. The minimum Gasteiger partial charge on any atom is -0.126 e. The van der Waals surface area contributed by atoms with E-state index >= 15 is 0 Å².